The highest BCUT2D eigenvalue weighted by molar-refractivity contribution is 5.96. The van der Waals surface area contributed by atoms with Gasteiger partial charge in [-0.25, -0.2) is 0 Å². The van der Waals surface area contributed by atoms with E-state index in [1.54, 1.807) is 48.7 Å². The van der Waals surface area contributed by atoms with Gasteiger partial charge in [-0.1, -0.05) is 0 Å². The van der Waals surface area contributed by atoms with Crippen LogP contribution < -0.4 is 5.32 Å². The van der Waals surface area contributed by atoms with Gasteiger partial charge in [0.05, 0.1) is 12.2 Å². The molecule has 0 saturated carbocycles. The molecule has 1 N–H and O–H groups in total. The Morgan fingerprint density at radius 3 is 2.86 bits per heavy atom. The maximum absolute atomic E-state index is 12.3. The third-order valence-corrected chi connectivity index (χ3v) is 3.57. The van der Waals surface area contributed by atoms with E-state index in [4.69, 9.17) is 4.42 Å². The molecule has 1 saturated heterocycles. The fourth-order valence-corrected chi connectivity index (χ4v) is 2.32. The Labute approximate surface area is 121 Å². The molecule has 108 valence electrons. The number of hydrogen-bond donors (Lipinski definition) is 1. The van der Waals surface area contributed by atoms with Gasteiger partial charge in [-0.3, -0.25) is 14.6 Å². The zero-order valence-electron chi connectivity index (χ0n) is 11.6. The molecule has 0 bridgehead atoms. The third kappa shape index (κ3) is 2.52. The normalized spacial score (nSPS) is 14.6. The van der Waals surface area contributed by atoms with Crippen LogP contribution in [-0.4, -0.2) is 41.8 Å². The highest BCUT2D eigenvalue weighted by Crippen LogP contribution is 2.22. The third-order valence-electron chi connectivity index (χ3n) is 3.57. The van der Waals surface area contributed by atoms with Crippen molar-refractivity contribution in [2.45, 2.75) is 0 Å². The molecule has 0 spiro atoms. The standard InChI is InChI=1S/C15H15N3O3/c1-16-14(19)11-8-18(9-11)15(20)10-4-5-17-12(7-10)13-3-2-6-21-13/h2-7,11H,8-9H2,1H3,(H,16,19). The minimum absolute atomic E-state index is 0.0231. The lowest BCUT2D eigenvalue weighted by Gasteiger charge is -2.38. The Morgan fingerprint density at radius 2 is 2.19 bits per heavy atom. The molecular formula is C15H15N3O3. The molecule has 6 heteroatoms. The highest BCUT2D eigenvalue weighted by atomic mass is 16.3. The van der Waals surface area contributed by atoms with Crippen LogP contribution in [0.25, 0.3) is 11.5 Å². The molecule has 3 heterocycles. The van der Waals surface area contributed by atoms with Crippen LogP contribution in [0.3, 0.4) is 0 Å². The number of carbonyl (C=O) groups is 2. The van der Waals surface area contributed by atoms with Crippen molar-refractivity contribution in [3.8, 4) is 11.5 Å². The van der Waals surface area contributed by atoms with Gasteiger partial charge >= 0.3 is 0 Å². The van der Waals surface area contributed by atoms with Crippen molar-refractivity contribution >= 4 is 11.8 Å². The van der Waals surface area contributed by atoms with Crippen LogP contribution in [0.5, 0.6) is 0 Å². The molecular weight excluding hydrogens is 270 g/mol. The zero-order valence-corrected chi connectivity index (χ0v) is 11.6. The maximum atomic E-state index is 12.3. The fourth-order valence-electron chi connectivity index (χ4n) is 2.32. The highest BCUT2D eigenvalue weighted by Gasteiger charge is 2.35. The minimum atomic E-state index is -0.106. The van der Waals surface area contributed by atoms with Gasteiger partial charge in [0.15, 0.2) is 5.76 Å². The van der Waals surface area contributed by atoms with E-state index in [1.807, 2.05) is 0 Å². The summed E-state index contributed by atoms with van der Waals surface area (Å²) in [7, 11) is 1.60. The number of nitrogens with one attached hydrogen (secondary N) is 1. The fraction of sp³-hybridized carbons (Fsp3) is 0.267. The molecule has 2 aromatic rings. The quantitative estimate of drug-likeness (QED) is 0.918. The van der Waals surface area contributed by atoms with E-state index in [0.29, 0.717) is 30.1 Å². The molecule has 1 fully saturated rings. The van der Waals surface area contributed by atoms with Crippen molar-refractivity contribution in [2.24, 2.45) is 5.92 Å². The minimum Gasteiger partial charge on any atom is -0.463 e. The number of rotatable bonds is 3. The number of hydrogen-bond acceptors (Lipinski definition) is 4. The summed E-state index contributed by atoms with van der Waals surface area (Å²) in [4.78, 5) is 29.6. The first-order valence-electron chi connectivity index (χ1n) is 6.70. The Bertz CT molecular complexity index is 661. The second-order valence-electron chi connectivity index (χ2n) is 4.93. The summed E-state index contributed by atoms with van der Waals surface area (Å²) < 4.78 is 5.28. The molecule has 2 amide bonds. The lowest BCUT2D eigenvalue weighted by Crippen LogP contribution is -2.55. The van der Waals surface area contributed by atoms with Crippen LogP contribution in [0, 0.1) is 5.92 Å². The number of furan rings is 1. The van der Waals surface area contributed by atoms with E-state index in [1.165, 1.54) is 0 Å². The van der Waals surface area contributed by atoms with Crippen molar-refractivity contribution < 1.29 is 14.0 Å². The van der Waals surface area contributed by atoms with Gasteiger partial charge in [-0.05, 0) is 24.3 Å². The Kier molecular flexibility index (Phi) is 3.43. The van der Waals surface area contributed by atoms with E-state index < -0.39 is 0 Å². The molecule has 3 rings (SSSR count). The molecule has 1 aliphatic rings. The Hall–Kier alpha value is -2.63. The Morgan fingerprint density at radius 1 is 1.38 bits per heavy atom. The topological polar surface area (TPSA) is 75.4 Å². The lowest BCUT2D eigenvalue weighted by atomic mass is 9.98. The maximum Gasteiger partial charge on any atom is 0.254 e. The summed E-state index contributed by atoms with van der Waals surface area (Å²) in [6.07, 6.45) is 3.15. The Balaban J connectivity index is 1.72. The van der Waals surface area contributed by atoms with Gasteiger partial charge < -0.3 is 14.6 Å². The van der Waals surface area contributed by atoms with Gasteiger partial charge in [0.1, 0.15) is 5.69 Å². The van der Waals surface area contributed by atoms with Gasteiger partial charge in [-0.2, -0.15) is 0 Å². The summed E-state index contributed by atoms with van der Waals surface area (Å²) in [5, 5.41) is 2.59. The SMILES string of the molecule is CNC(=O)C1CN(C(=O)c2ccnc(-c3ccco3)c2)C1. The summed E-state index contributed by atoms with van der Waals surface area (Å²) in [6, 6.07) is 6.94. The second-order valence-corrected chi connectivity index (χ2v) is 4.93. The van der Waals surface area contributed by atoms with E-state index in [2.05, 4.69) is 10.3 Å². The molecule has 0 radical (unpaired) electrons. The first kappa shape index (κ1) is 13.4. The van der Waals surface area contributed by atoms with E-state index >= 15 is 0 Å². The van der Waals surface area contributed by atoms with Gasteiger partial charge in [0, 0.05) is 31.9 Å². The van der Waals surface area contributed by atoms with E-state index in [0.717, 1.165) is 0 Å². The number of likely N-dealkylation sites (tertiary alicyclic amines) is 1. The summed E-state index contributed by atoms with van der Waals surface area (Å²) in [5.41, 5.74) is 1.17. The molecule has 1 aliphatic heterocycles. The zero-order chi connectivity index (χ0) is 14.8. The van der Waals surface area contributed by atoms with Crippen molar-refractivity contribution in [2.75, 3.05) is 20.1 Å². The summed E-state index contributed by atoms with van der Waals surface area (Å²) in [5.74, 6) is 0.400. The van der Waals surface area contributed by atoms with Crippen LogP contribution in [-0.2, 0) is 4.79 Å². The average molecular weight is 285 g/mol. The second kappa shape index (κ2) is 5.40. The van der Waals surface area contributed by atoms with Gasteiger partial charge in [0.25, 0.3) is 5.91 Å². The predicted molar refractivity (Wildman–Crippen MR) is 75.4 cm³/mol. The number of nitrogens with zero attached hydrogens (tertiary/aromatic N) is 2. The molecule has 0 aliphatic carbocycles. The van der Waals surface area contributed by atoms with Crippen LogP contribution in [0.2, 0.25) is 0 Å². The molecule has 21 heavy (non-hydrogen) atoms. The smallest absolute Gasteiger partial charge is 0.254 e. The number of aromatic nitrogens is 1. The number of amides is 2. The van der Waals surface area contributed by atoms with Crippen molar-refractivity contribution in [3.63, 3.8) is 0 Å². The van der Waals surface area contributed by atoms with Gasteiger partial charge in [-0.15, -0.1) is 0 Å². The van der Waals surface area contributed by atoms with Crippen LogP contribution in [0.4, 0.5) is 0 Å². The molecule has 0 unspecified atom stereocenters. The molecule has 0 aromatic carbocycles. The van der Waals surface area contributed by atoms with Crippen LogP contribution in [0.15, 0.2) is 41.1 Å². The van der Waals surface area contributed by atoms with Crippen LogP contribution >= 0.6 is 0 Å². The largest absolute Gasteiger partial charge is 0.463 e. The molecule has 0 atom stereocenters. The summed E-state index contributed by atoms with van der Waals surface area (Å²) in [6.45, 7) is 0.911. The number of carbonyl (C=O) groups excluding carboxylic acids is 2. The first-order valence-corrected chi connectivity index (χ1v) is 6.70. The predicted octanol–water partition coefficient (Wildman–Crippen LogP) is 1.16. The number of pyridine rings is 1. The van der Waals surface area contributed by atoms with E-state index in [-0.39, 0.29) is 17.7 Å². The summed E-state index contributed by atoms with van der Waals surface area (Å²) >= 11 is 0. The lowest BCUT2D eigenvalue weighted by molar-refractivity contribution is -0.128. The van der Waals surface area contributed by atoms with E-state index in [9.17, 15) is 9.59 Å². The van der Waals surface area contributed by atoms with Crippen molar-refractivity contribution in [1.29, 1.82) is 0 Å². The molecule has 6 nitrogen and oxygen atoms in total. The van der Waals surface area contributed by atoms with Crippen LogP contribution in [0.1, 0.15) is 10.4 Å². The first-order chi connectivity index (χ1) is 10.2. The monoisotopic (exact) mass is 285 g/mol. The van der Waals surface area contributed by atoms with Gasteiger partial charge in [0.2, 0.25) is 5.91 Å². The molecule has 2 aromatic heterocycles. The van der Waals surface area contributed by atoms with Crippen molar-refractivity contribution in [1.82, 2.24) is 15.2 Å². The average Bonchev–Trinajstić information content (AvgIpc) is 2.99. The van der Waals surface area contributed by atoms with Crippen molar-refractivity contribution in [3.05, 3.63) is 42.3 Å².